The molecule has 1 aromatic heterocycles. The van der Waals surface area contributed by atoms with Crippen molar-refractivity contribution in [2.75, 3.05) is 20.3 Å². The van der Waals surface area contributed by atoms with Crippen LogP contribution >= 0.6 is 0 Å². The Hall–Kier alpha value is -2.35. The van der Waals surface area contributed by atoms with Gasteiger partial charge in [-0.05, 0) is 19.1 Å². The molecule has 2 amide bonds. The smallest absolute Gasteiger partial charge is 0.305 e. The minimum Gasteiger partial charge on any atom is -0.481 e. The fourth-order valence-electron chi connectivity index (χ4n) is 2.87. The fraction of sp³-hybridized carbons (Fsp3) is 0.562. The van der Waals surface area contributed by atoms with Gasteiger partial charge in [0.25, 0.3) is 0 Å². The summed E-state index contributed by atoms with van der Waals surface area (Å²) in [4.78, 5) is 37.1. The van der Waals surface area contributed by atoms with Crippen LogP contribution in [0.4, 0.5) is 0 Å². The van der Waals surface area contributed by atoms with Crippen LogP contribution in [-0.4, -0.2) is 53.6 Å². The number of carbonyl (C=O) groups is 3. The molecule has 0 aromatic carbocycles. The van der Waals surface area contributed by atoms with Crippen LogP contribution < -0.4 is 5.32 Å². The van der Waals surface area contributed by atoms with E-state index in [1.807, 2.05) is 0 Å². The number of carboxylic acid groups (broad SMARTS) is 1. The number of nitrogens with zero attached hydrogens (tertiary/aromatic N) is 1. The monoisotopic (exact) mass is 338 g/mol. The molecule has 0 saturated carbocycles. The molecule has 0 bridgehead atoms. The molecule has 2 atom stereocenters. The van der Waals surface area contributed by atoms with Crippen molar-refractivity contribution < 1.29 is 28.6 Å². The number of nitrogens with one attached hydrogen (secondary N) is 1. The standard InChI is InChI=1S/C16H22N2O6/c1-16(10-23-2,7-14(20)21)17-15(22)11-6-13(19)18(8-11)9-12-4-3-5-24-12/h3-5,11H,6-10H2,1-2H3,(H,17,22)(H,20,21). The maximum Gasteiger partial charge on any atom is 0.305 e. The van der Waals surface area contributed by atoms with E-state index in [4.69, 9.17) is 14.3 Å². The Morgan fingerprint density at radius 3 is 2.88 bits per heavy atom. The second-order valence-electron chi connectivity index (χ2n) is 6.31. The van der Waals surface area contributed by atoms with E-state index >= 15 is 0 Å². The minimum absolute atomic E-state index is 0.0712. The second-order valence-corrected chi connectivity index (χ2v) is 6.31. The van der Waals surface area contributed by atoms with E-state index in [9.17, 15) is 14.4 Å². The maximum absolute atomic E-state index is 12.4. The third-order valence-electron chi connectivity index (χ3n) is 3.94. The number of ether oxygens (including phenoxy) is 1. The van der Waals surface area contributed by atoms with Gasteiger partial charge in [0.15, 0.2) is 0 Å². The lowest BCUT2D eigenvalue weighted by atomic mass is 9.97. The van der Waals surface area contributed by atoms with E-state index in [1.54, 1.807) is 24.0 Å². The Kier molecular flexibility index (Phi) is 5.61. The zero-order valence-electron chi connectivity index (χ0n) is 13.8. The number of aliphatic carboxylic acids is 1. The fourth-order valence-corrected chi connectivity index (χ4v) is 2.87. The van der Waals surface area contributed by atoms with Gasteiger partial charge in [0.1, 0.15) is 5.76 Å². The first-order valence-electron chi connectivity index (χ1n) is 7.66. The molecule has 24 heavy (non-hydrogen) atoms. The summed E-state index contributed by atoms with van der Waals surface area (Å²) < 4.78 is 10.2. The van der Waals surface area contributed by atoms with Crippen molar-refractivity contribution in [1.82, 2.24) is 10.2 Å². The first-order valence-corrected chi connectivity index (χ1v) is 7.66. The molecule has 0 spiro atoms. The van der Waals surface area contributed by atoms with Crippen molar-refractivity contribution in [3.8, 4) is 0 Å². The molecular formula is C16H22N2O6. The molecule has 1 aliphatic rings. The van der Waals surface area contributed by atoms with E-state index in [-0.39, 0.29) is 37.8 Å². The Bertz CT molecular complexity index is 600. The van der Waals surface area contributed by atoms with Crippen molar-refractivity contribution in [2.24, 2.45) is 5.92 Å². The third kappa shape index (κ3) is 4.58. The molecule has 2 unspecified atom stereocenters. The molecular weight excluding hydrogens is 316 g/mol. The lowest BCUT2D eigenvalue weighted by Crippen LogP contribution is -2.52. The average Bonchev–Trinajstić information content (AvgIpc) is 3.09. The Morgan fingerprint density at radius 1 is 1.54 bits per heavy atom. The Morgan fingerprint density at radius 2 is 2.29 bits per heavy atom. The number of carboxylic acids is 1. The molecule has 1 fully saturated rings. The molecule has 2 rings (SSSR count). The zero-order valence-corrected chi connectivity index (χ0v) is 13.8. The highest BCUT2D eigenvalue weighted by Gasteiger charge is 2.38. The SMILES string of the molecule is COCC(C)(CC(=O)O)NC(=O)C1CC(=O)N(Cc2ccco2)C1. The molecule has 132 valence electrons. The molecule has 1 aliphatic heterocycles. The van der Waals surface area contributed by atoms with E-state index in [0.29, 0.717) is 12.3 Å². The molecule has 2 N–H and O–H groups in total. The number of methoxy groups -OCH3 is 1. The van der Waals surface area contributed by atoms with Crippen LogP contribution in [0.25, 0.3) is 0 Å². The van der Waals surface area contributed by atoms with Gasteiger partial charge in [0.2, 0.25) is 11.8 Å². The van der Waals surface area contributed by atoms with E-state index < -0.39 is 17.4 Å². The highest BCUT2D eigenvalue weighted by molar-refractivity contribution is 5.89. The molecule has 1 aromatic rings. The molecule has 2 heterocycles. The van der Waals surface area contributed by atoms with Crippen molar-refractivity contribution in [2.45, 2.75) is 31.8 Å². The number of hydrogen-bond donors (Lipinski definition) is 2. The summed E-state index contributed by atoms with van der Waals surface area (Å²) in [7, 11) is 1.44. The van der Waals surface area contributed by atoms with Crippen LogP contribution in [0.5, 0.6) is 0 Å². The van der Waals surface area contributed by atoms with Gasteiger partial charge in [0.05, 0.1) is 37.3 Å². The first-order chi connectivity index (χ1) is 11.3. The highest BCUT2D eigenvalue weighted by Crippen LogP contribution is 2.22. The van der Waals surface area contributed by atoms with Crippen LogP contribution in [0.2, 0.25) is 0 Å². The largest absolute Gasteiger partial charge is 0.481 e. The second kappa shape index (κ2) is 7.48. The van der Waals surface area contributed by atoms with E-state index in [0.717, 1.165) is 0 Å². The molecule has 8 heteroatoms. The lowest BCUT2D eigenvalue weighted by Gasteiger charge is -2.29. The number of furan rings is 1. The average molecular weight is 338 g/mol. The Balaban J connectivity index is 1.96. The minimum atomic E-state index is -1.03. The van der Waals surface area contributed by atoms with Gasteiger partial charge in [-0.15, -0.1) is 0 Å². The Labute approximate surface area is 139 Å². The zero-order chi connectivity index (χ0) is 17.7. The van der Waals surface area contributed by atoms with Crippen LogP contribution in [0, 0.1) is 5.92 Å². The summed E-state index contributed by atoms with van der Waals surface area (Å²) in [6.07, 6.45) is 1.37. The van der Waals surface area contributed by atoms with Crippen molar-refractivity contribution >= 4 is 17.8 Å². The number of likely N-dealkylation sites (tertiary alicyclic amines) is 1. The third-order valence-corrected chi connectivity index (χ3v) is 3.94. The summed E-state index contributed by atoms with van der Waals surface area (Å²) >= 11 is 0. The number of carbonyl (C=O) groups excluding carboxylic acids is 2. The van der Waals surface area contributed by atoms with Gasteiger partial charge in [-0.2, -0.15) is 0 Å². The van der Waals surface area contributed by atoms with Gasteiger partial charge in [-0.25, -0.2) is 0 Å². The van der Waals surface area contributed by atoms with Crippen molar-refractivity contribution in [3.63, 3.8) is 0 Å². The predicted molar refractivity (Wildman–Crippen MR) is 82.9 cm³/mol. The summed E-state index contributed by atoms with van der Waals surface area (Å²) in [5.74, 6) is -1.36. The summed E-state index contributed by atoms with van der Waals surface area (Å²) in [6, 6.07) is 3.51. The van der Waals surface area contributed by atoms with Crippen molar-refractivity contribution in [3.05, 3.63) is 24.2 Å². The predicted octanol–water partition coefficient (Wildman–Crippen LogP) is 0.624. The highest BCUT2D eigenvalue weighted by atomic mass is 16.5. The summed E-state index contributed by atoms with van der Waals surface area (Å²) in [5, 5.41) is 11.7. The maximum atomic E-state index is 12.4. The summed E-state index contributed by atoms with van der Waals surface area (Å²) in [6.45, 7) is 2.28. The van der Waals surface area contributed by atoms with Crippen molar-refractivity contribution in [1.29, 1.82) is 0 Å². The first kappa shape index (κ1) is 18.0. The van der Waals surface area contributed by atoms with E-state index in [2.05, 4.69) is 5.32 Å². The number of hydrogen-bond acceptors (Lipinski definition) is 5. The van der Waals surface area contributed by atoms with Gasteiger partial charge < -0.3 is 24.5 Å². The lowest BCUT2D eigenvalue weighted by molar-refractivity contribution is -0.140. The van der Waals surface area contributed by atoms with Crippen LogP contribution in [-0.2, 0) is 25.7 Å². The normalized spacial score (nSPS) is 20.0. The van der Waals surface area contributed by atoms with Crippen LogP contribution in [0.1, 0.15) is 25.5 Å². The quantitative estimate of drug-likeness (QED) is 0.719. The molecule has 0 aliphatic carbocycles. The molecule has 1 saturated heterocycles. The van der Waals surface area contributed by atoms with Crippen LogP contribution in [0.15, 0.2) is 22.8 Å². The number of rotatable bonds is 8. The molecule has 0 radical (unpaired) electrons. The number of amides is 2. The van der Waals surface area contributed by atoms with E-state index in [1.165, 1.54) is 13.4 Å². The van der Waals surface area contributed by atoms with Gasteiger partial charge in [-0.1, -0.05) is 0 Å². The van der Waals surface area contributed by atoms with Gasteiger partial charge in [0, 0.05) is 20.1 Å². The van der Waals surface area contributed by atoms with Gasteiger partial charge in [-0.3, -0.25) is 14.4 Å². The summed E-state index contributed by atoms with van der Waals surface area (Å²) in [5.41, 5.74) is -1.02. The van der Waals surface area contributed by atoms with Crippen LogP contribution in [0.3, 0.4) is 0 Å². The van der Waals surface area contributed by atoms with Gasteiger partial charge >= 0.3 is 5.97 Å². The molecule has 8 nitrogen and oxygen atoms in total. The topological polar surface area (TPSA) is 109 Å².